The highest BCUT2D eigenvalue weighted by molar-refractivity contribution is 6.05. The zero-order valence-electron chi connectivity index (χ0n) is 12.6. The van der Waals surface area contributed by atoms with Crippen LogP contribution < -0.4 is 14.8 Å². The lowest BCUT2D eigenvalue weighted by molar-refractivity contribution is 0.104. The van der Waals surface area contributed by atoms with Crippen LogP contribution in [-0.4, -0.2) is 12.6 Å². The third-order valence-corrected chi connectivity index (χ3v) is 3.65. The van der Waals surface area contributed by atoms with Gasteiger partial charge in [-0.25, -0.2) is 0 Å². The monoisotopic (exact) mass is 295 g/mol. The number of hydrogen-bond donors (Lipinski definition) is 1. The largest absolute Gasteiger partial charge is 0.454 e. The highest BCUT2D eigenvalue weighted by Gasteiger charge is 2.14. The second-order valence-electron chi connectivity index (χ2n) is 5.21. The summed E-state index contributed by atoms with van der Waals surface area (Å²) in [6.45, 7) is 4.33. The summed E-state index contributed by atoms with van der Waals surface area (Å²) in [5.41, 5.74) is 3.98. The van der Waals surface area contributed by atoms with E-state index in [-0.39, 0.29) is 12.6 Å². The summed E-state index contributed by atoms with van der Waals surface area (Å²) < 4.78 is 10.5. The lowest BCUT2D eigenvalue weighted by Crippen LogP contribution is -1.97. The molecule has 0 spiro atoms. The molecule has 0 fully saturated rings. The molecule has 0 amide bonds. The van der Waals surface area contributed by atoms with Crippen molar-refractivity contribution < 1.29 is 14.3 Å². The summed E-state index contributed by atoms with van der Waals surface area (Å²) in [4.78, 5) is 12.1. The Hall–Kier alpha value is -2.75. The maximum atomic E-state index is 12.1. The number of fused-ring (bicyclic) bond motifs is 1. The Morgan fingerprint density at radius 2 is 1.86 bits per heavy atom. The molecule has 4 heteroatoms. The van der Waals surface area contributed by atoms with E-state index in [9.17, 15) is 4.79 Å². The van der Waals surface area contributed by atoms with E-state index in [1.807, 2.05) is 18.2 Å². The first-order valence-electron chi connectivity index (χ1n) is 7.08. The van der Waals surface area contributed by atoms with E-state index in [0.717, 1.165) is 5.69 Å². The number of rotatable bonds is 4. The number of allylic oxidation sites excluding steroid dienone is 1. The van der Waals surface area contributed by atoms with E-state index < -0.39 is 0 Å². The molecule has 0 saturated heterocycles. The summed E-state index contributed by atoms with van der Waals surface area (Å²) >= 11 is 0. The van der Waals surface area contributed by atoms with E-state index in [4.69, 9.17) is 9.47 Å². The van der Waals surface area contributed by atoms with Gasteiger partial charge in [0.1, 0.15) is 0 Å². The van der Waals surface area contributed by atoms with Crippen LogP contribution >= 0.6 is 0 Å². The van der Waals surface area contributed by atoms with Crippen LogP contribution in [0.5, 0.6) is 11.5 Å². The molecule has 112 valence electrons. The van der Waals surface area contributed by atoms with Crippen molar-refractivity contribution in [3.05, 3.63) is 65.4 Å². The molecule has 1 aliphatic heterocycles. The minimum absolute atomic E-state index is 0.0883. The van der Waals surface area contributed by atoms with Gasteiger partial charge in [-0.2, -0.15) is 0 Å². The minimum Gasteiger partial charge on any atom is -0.454 e. The molecule has 4 nitrogen and oxygen atoms in total. The topological polar surface area (TPSA) is 47.6 Å². The van der Waals surface area contributed by atoms with E-state index in [1.54, 1.807) is 24.4 Å². The fourth-order valence-electron chi connectivity index (χ4n) is 2.19. The molecule has 0 bridgehead atoms. The summed E-state index contributed by atoms with van der Waals surface area (Å²) in [7, 11) is 0. The molecule has 1 N–H and O–H groups in total. The number of carbonyl (C=O) groups excluding carboxylic acids is 1. The van der Waals surface area contributed by atoms with Gasteiger partial charge in [0.25, 0.3) is 0 Å². The maximum absolute atomic E-state index is 12.1. The molecule has 0 radical (unpaired) electrons. The van der Waals surface area contributed by atoms with Crippen LogP contribution in [0.15, 0.2) is 48.7 Å². The molecule has 0 atom stereocenters. The van der Waals surface area contributed by atoms with Gasteiger partial charge in [-0.05, 0) is 55.3 Å². The smallest absolute Gasteiger partial charge is 0.231 e. The molecule has 2 aromatic rings. The Balaban J connectivity index is 1.67. The zero-order chi connectivity index (χ0) is 15.5. The van der Waals surface area contributed by atoms with E-state index in [1.165, 1.54) is 17.2 Å². The minimum atomic E-state index is -0.0883. The van der Waals surface area contributed by atoms with Gasteiger partial charge in [0.2, 0.25) is 6.79 Å². The number of nitrogens with one attached hydrogen (secondary N) is 1. The molecule has 2 aromatic carbocycles. The fourth-order valence-corrected chi connectivity index (χ4v) is 2.19. The third kappa shape index (κ3) is 2.96. The van der Waals surface area contributed by atoms with Gasteiger partial charge < -0.3 is 14.8 Å². The normalized spacial score (nSPS) is 12.6. The van der Waals surface area contributed by atoms with Gasteiger partial charge in [-0.3, -0.25) is 4.79 Å². The van der Waals surface area contributed by atoms with E-state index in [0.29, 0.717) is 17.1 Å². The average Bonchev–Trinajstić information content (AvgIpc) is 2.98. The predicted octanol–water partition coefficient (Wildman–Crippen LogP) is 3.84. The SMILES string of the molecule is Cc1ccc(N/C=C/C(=O)c2ccc3c(c2)OCO3)cc1C. The first kappa shape index (κ1) is 14.2. The second-order valence-corrected chi connectivity index (χ2v) is 5.21. The van der Waals surface area contributed by atoms with Gasteiger partial charge in [-0.15, -0.1) is 0 Å². The van der Waals surface area contributed by atoms with Crippen molar-refractivity contribution in [3.63, 3.8) is 0 Å². The Kier molecular flexibility index (Phi) is 3.83. The molecule has 22 heavy (non-hydrogen) atoms. The van der Waals surface area contributed by atoms with Crippen LogP contribution in [0.4, 0.5) is 5.69 Å². The van der Waals surface area contributed by atoms with Crippen molar-refractivity contribution in [1.29, 1.82) is 0 Å². The standard InChI is InChI=1S/C18H17NO3/c1-12-3-5-15(9-13(12)2)19-8-7-16(20)14-4-6-17-18(10-14)22-11-21-17/h3-10,19H,11H2,1-2H3/b8-7+. The summed E-state index contributed by atoms with van der Waals surface area (Å²) in [5.74, 6) is 1.20. The molecular weight excluding hydrogens is 278 g/mol. The van der Waals surface area contributed by atoms with E-state index >= 15 is 0 Å². The summed E-state index contributed by atoms with van der Waals surface area (Å²) in [6.07, 6.45) is 3.16. The number of carbonyl (C=O) groups is 1. The van der Waals surface area contributed by atoms with Gasteiger partial charge in [0.05, 0.1) is 0 Å². The molecule has 1 heterocycles. The van der Waals surface area contributed by atoms with Crippen molar-refractivity contribution in [2.45, 2.75) is 13.8 Å². The molecular formula is C18H17NO3. The van der Waals surface area contributed by atoms with Crippen molar-refractivity contribution >= 4 is 11.5 Å². The fraction of sp³-hybridized carbons (Fsp3) is 0.167. The van der Waals surface area contributed by atoms with Crippen LogP contribution in [0.1, 0.15) is 21.5 Å². The second kappa shape index (κ2) is 5.93. The zero-order valence-corrected chi connectivity index (χ0v) is 12.6. The van der Waals surface area contributed by atoms with Gasteiger partial charge in [-0.1, -0.05) is 6.07 Å². The number of ether oxygens (including phenoxy) is 2. The first-order valence-corrected chi connectivity index (χ1v) is 7.08. The van der Waals surface area contributed by atoms with Crippen LogP contribution in [0, 0.1) is 13.8 Å². The lowest BCUT2D eigenvalue weighted by Gasteiger charge is -2.04. The summed E-state index contributed by atoms with van der Waals surface area (Å²) in [5, 5.41) is 3.11. The number of anilines is 1. The van der Waals surface area contributed by atoms with Crippen molar-refractivity contribution in [1.82, 2.24) is 0 Å². The Labute approximate surface area is 129 Å². The predicted molar refractivity (Wildman–Crippen MR) is 85.6 cm³/mol. The van der Waals surface area contributed by atoms with Crippen molar-refractivity contribution in [2.24, 2.45) is 0 Å². The molecule has 0 aromatic heterocycles. The first-order chi connectivity index (χ1) is 10.6. The van der Waals surface area contributed by atoms with Crippen LogP contribution in [-0.2, 0) is 0 Å². The number of benzene rings is 2. The van der Waals surface area contributed by atoms with Crippen molar-refractivity contribution in [2.75, 3.05) is 12.1 Å². The molecule has 0 aliphatic carbocycles. The van der Waals surface area contributed by atoms with Crippen LogP contribution in [0.3, 0.4) is 0 Å². The summed E-state index contributed by atoms with van der Waals surface area (Å²) in [6, 6.07) is 11.3. The number of hydrogen-bond acceptors (Lipinski definition) is 4. The number of ketones is 1. The Morgan fingerprint density at radius 3 is 2.68 bits per heavy atom. The number of aryl methyl sites for hydroxylation is 2. The highest BCUT2D eigenvalue weighted by atomic mass is 16.7. The molecule has 3 rings (SSSR count). The molecule has 1 aliphatic rings. The van der Waals surface area contributed by atoms with Crippen LogP contribution in [0.25, 0.3) is 0 Å². The van der Waals surface area contributed by atoms with Crippen LogP contribution in [0.2, 0.25) is 0 Å². The maximum Gasteiger partial charge on any atom is 0.231 e. The Morgan fingerprint density at radius 1 is 1.05 bits per heavy atom. The van der Waals surface area contributed by atoms with Gasteiger partial charge >= 0.3 is 0 Å². The van der Waals surface area contributed by atoms with Gasteiger partial charge in [0, 0.05) is 23.5 Å². The molecule has 0 saturated carbocycles. The van der Waals surface area contributed by atoms with E-state index in [2.05, 4.69) is 19.2 Å². The van der Waals surface area contributed by atoms with Gasteiger partial charge in [0.15, 0.2) is 17.3 Å². The lowest BCUT2D eigenvalue weighted by atomic mass is 10.1. The van der Waals surface area contributed by atoms with Crippen molar-refractivity contribution in [3.8, 4) is 11.5 Å². The third-order valence-electron chi connectivity index (χ3n) is 3.65. The average molecular weight is 295 g/mol. The Bertz CT molecular complexity index is 750. The molecule has 0 unspecified atom stereocenters. The highest BCUT2D eigenvalue weighted by Crippen LogP contribution is 2.32. The quantitative estimate of drug-likeness (QED) is 0.687.